The summed E-state index contributed by atoms with van der Waals surface area (Å²) < 4.78 is 4.62. The molecule has 0 fully saturated rings. The third-order valence-electron chi connectivity index (χ3n) is 0.473. The van der Waals surface area contributed by atoms with E-state index in [-0.39, 0.29) is 0 Å². The van der Waals surface area contributed by atoms with E-state index >= 15 is 0 Å². The average molecular weight is 106 g/mol. The van der Waals surface area contributed by atoms with Crippen molar-refractivity contribution in [1.82, 2.24) is 5.59 Å². The molecule has 0 rings (SSSR count). The van der Waals surface area contributed by atoms with E-state index in [1.807, 2.05) is 5.59 Å². The van der Waals surface area contributed by atoms with Gasteiger partial charge in [0.1, 0.15) is 0 Å². The lowest BCUT2D eigenvalue weighted by molar-refractivity contribution is 0.00674. The molecule has 0 aliphatic carbocycles. The Bertz CT molecular complexity index is 30.1. The first-order chi connectivity index (χ1) is 3.41. The molecule has 0 atom stereocenters. The van der Waals surface area contributed by atoms with Gasteiger partial charge in [0.25, 0.3) is 0 Å². The maximum absolute atomic E-state index is 4.74. The van der Waals surface area contributed by atoms with Crippen LogP contribution in [-0.4, -0.2) is 20.3 Å². The van der Waals surface area contributed by atoms with Gasteiger partial charge >= 0.3 is 0 Å². The highest BCUT2D eigenvalue weighted by Crippen LogP contribution is 1.64. The van der Waals surface area contributed by atoms with Crippen molar-refractivity contribution in [3.05, 3.63) is 0 Å². The van der Waals surface area contributed by atoms with Gasteiger partial charge in [0.15, 0.2) is 0 Å². The van der Waals surface area contributed by atoms with Gasteiger partial charge in [-0.25, -0.2) is 5.84 Å². The van der Waals surface area contributed by atoms with Crippen LogP contribution < -0.4 is 11.4 Å². The zero-order chi connectivity index (χ0) is 5.54. The molecule has 4 heteroatoms. The van der Waals surface area contributed by atoms with Crippen LogP contribution in [-0.2, 0) is 9.57 Å². The van der Waals surface area contributed by atoms with Crippen molar-refractivity contribution in [3.8, 4) is 0 Å². The van der Waals surface area contributed by atoms with Gasteiger partial charge in [-0.05, 0) is 0 Å². The SMILES string of the molecule is COCCONN. The number of nitrogens with two attached hydrogens (primary N) is 1. The Hall–Kier alpha value is -0.160. The van der Waals surface area contributed by atoms with Gasteiger partial charge < -0.3 is 4.74 Å². The number of hydrogen-bond acceptors (Lipinski definition) is 4. The molecular formula is C3H10N2O2. The van der Waals surface area contributed by atoms with Gasteiger partial charge in [0.05, 0.1) is 13.2 Å². The Balaban J connectivity index is 2.45. The number of ether oxygens (including phenoxy) is 1. The minimum Gasteiger partial charge on any atom is -0.382 e. The lowest BCUT2D eigenvalue weighted by Gasteiger charge is -1.96. The van der Waals surface area contributed by atoms with E-state index in [2.05, 4.69) is 9.57 Å². The topological polar surface area (TPSA) is 56.5 Å². The third-order valence-corrected chi connectivity index (χ3v) is 0.473. The van der Waals surface area contributed by atoms with Crippen molar-refractivity contribution in [2.75, 3.05) is 20.3 Å². The number of nitrogens with one attached hydrogen (secondary N) is 1. The summed E-state index contributed by atoms with van der Waals surface area (Å²) in [6, 6.07) is 0. The van der Waals surface area contributed by atoms with E-state index < -0.39 is 0 Å². The van der Waals surface area contributed by atoms with Crippen LogP contribution in [0.15, 0.2) is 0 Å². The number of methoxy groups -OCH3 is 1. The molecule has 0 radical (unpaired) electrons. The molecule has 7 heavy (non-hydrogen) atoms. The Morgan fingerprint density at radius 2 is 2.29 bits per heavy atom. The van der Waals surface area contributed by atoms with Gasteiger partial charge in [-0.1, -0.05) is 0 Å². The van der Waals surface area contributed by atoms with Crippen LogP contribution in [0.25, 0.3) is 0 Å². The van der Waals surface area contributed by atoms with Crippen LogP contribution in [0.2, 0.25) is 0 Å². The fourth-order valence-electron chi connectivity index (χ4n) is 0.184. The summed E-state index contributed by atoms with van der Waals surface area (Å²) in [4.78, 5) is 4.48. The highest BCUT2D eigenvalue weighted by Gasteiger charge is 1.77. The molecule has 0 aromatic heterocycles. The highest BCUT2D eigenvalue weighted by atomic mass is 16.7. The van der Waals surface area contributed by atoms with Gasteiger partial charge in [-0.3, -0.25) is 4.84 Å². The van der Waals surface area contributed by atoms with Crippen LogP contribution in [0.5, 0.6) is 0 Å². The van der Waals surface area contributed by atoms with Crippen LogP contribution in [0.3, 0.4) is 0 Å². The summed E-state index contributed by atoms with van der Waals surface area (Å²) in [6.45, 7) is 1.04. The lowest BCUT2D eigenvalue weighted by atomic mass is 10.8. The zero-order valence-corrected chi connectivity index (χ0v) is 4.31. The second-order valence-corrected chi connectivity index (χ2v) is 0.959. The quantitative estimate of drug-likeness (QED) is 0.275. The Morgan fingerprint density at radius 1 is 1.57 bits per heavy atom. The van der Waals surface area contributed by atoms with Crippen LogP contribution in [0, 0.1) is 0 Å². The van der Waals surface area contributed by atoms with E-state index in [0.29, 0.717) is 13.2 Å². The molecule has 44 valence electrons. The monoisotopic (exact) mass is 106 g/mol. The van der Waals surface area contributed by atoms with Gasteiger partial charge in [-0.15, -0.1) is 5.59 Å². The largest absolute Gasteiger partial charge is 0.382 e. The second-order valence-electron chi connectivity index (χ2n) is 0.959. The van der Waals surface area contributed by atoms with Crippen LogP contribution in [0.1, 0.15) is 0 Å². The second kappa shape index (κ2) is 5.84. The number of hydrazine groups is 1. The fourth-order valence-corrected chi connectivity index (χ4v) is 0.184. The molecule has 0 saturated carbocycles. The third kappa shape index (κ3) is 5.84. The first-order valence-electron chi connectivity index (χ1n) is 1.98. The highest BCUT2D eigenvalue weighted by molar-refractivity contribution is 4.17. The van der Waals surface area contributed by atoms with E-state index in [1.54, 1.807) is 7.11 Å². The van der Waals surface area contributed by atoms with Gasteiger partial charge in [0.2, 0.25) is 0 Å². The molecule has 0 aliphatic rings. The van der Waals surface area contributed by atoms with Crippen molar-refractivity contribution in [3.63, 3.8) is 0 Å². The molecule has 0 amide bonds. The average Bonchev–Trinajstić information content (AvgIpc) is 1.69. The molecule has 0 heterocycles. The van der Waals surface area contributed by atoms with Gasteiger partial charge in [0, 0.05) is 7.11 Å². The first kappa shape index (κ1) is 6.84. The Morgan fingerprint density at radius 3 is 2.71 bits per heavy atom. The van der Waals surface area contributed by atoms with E-state index in [1.165, 1.54) is 0 Å². The zero-order valence-electron chi connectivity index (χ0n) is 4.31. The molecule has 0 saturated heterocycles. The number of hydrogen-bond donors (Lipinski definition) is 2. The van der Waals surface area contributed by atoms with E-state index in [9.17, 15) is 0 Å². The first-order valence-corrected chi connectivity index (χ1v) is 1.98. The summed E-state index contributed by atoms with van der Waals surface area (Å²) in [5, 5.41) is 0. The summed E-state index contributed by atoms with van der Waals surface area (Å²) >= 11 is 0. The molecular weight excluding hydrogens is 96.0 g/mol. The Kier molecular flexibility index (Phi) is 5.71. The standard InChI is InChI=1S/C3H10N2O2/c1-6-2-3-7-5-4/h5H,2-4H2,1H3. The number of rotatable bonds is 4. The van der Waals surface area contributed by atoms with E-state index in [4.69, 9.17) is 5.84 Å². The molecule has 0 aliphatic heterocycles. The molecule has 0 spiro atoms. The normalized spacial score (nSPS) is 9.43. The molecule has 3 N–H and O–H groups in total. The smallest absolute Gasteiger partial charge is 0.0932 e. The van der Waals surface area contributed by atoms with Crippen molar-refractivity contribution < 1.29 is 9.57 Å². The fraction of sp³-hybridized carbons (Fsp3) is 1.00. The predicted molar refractivity (Wildman–Crippen MR) is 25.2 cm³/mol. The summed E-state index contributed by atoms with van der Waals surface area (Å²) in [5.41, 5.74) is 2.02. The van der Waals surface area contributed by atoms with Crippen molar-refractivity contribution in [2.24, 2.45) is 5.84 Å². The summed E-state index contributed by atoms with van der Waals surface area (Å²) in [7, 11) is 1.60. The minimum atomic E-state index is 0.479. The molecule has 0 aromatic carbocycles. The maximum Gasteiger partial charge on any atom is 0.0932 e. The maximum atomic E-state index is 4.74. The predicted octanol–water partition coefficient (Wildman–Crippen LogP) is -0.972. The van der Waals surface area contributed by atoms with Crippen LogP contribution in [0.4, 0.5) is 0 Å². The lowest BCUT2D eigenvalue weighted by Crippen LogP contribution is -2.24. The summed E-state index contributed by atoms with van der Waals surface area (Å²) in [6.07, 6.45) is 0. The van der Waals surface area contributed by atoms with Gasteiger partial charge in [-0.2, -0.15) is 0 Å². The van der Waals surface area contributed by atoms with Crippen molar-refractivity contribution in [2.45, 2.75) is 0 Å². The molecule has 0 bridgehead atoms. The minimum absolute atomic E-state index is 0.479. The summed E-state index contributed by atoms with van der Waals surface area (Å²) in [5.74, 6) is 4.74. The molecule has 0 aromatic rings. The molecule has 0 unspecified atom stereocenters. The van der Waals surface area contributed by atoms with Crippen molar-refractivity contribution >= 4 is 0 Å². The van der Waals surface area contributed by atoms with E-state index in [0.717, 1.165) is 0 Å². The Labute approximate surface area is 42.5 Å². The molecule has 4 nitrogen and oxygen atoms in total. The van der Waals surface area contributed by atoms with Crippen molar-refractivity contribution in [1.29, 1.82) is 0 Å². The van der Waals surface area contributed by atoms with Crippen LogP contribution >= 0.6 is 0 Å².